The highest BCUT2D eigenvalue weighted by Gasteiger charge is 2.18. The highest BCUT2D eigenvalue weighted by molar-refractivity contribution is 7.92. The Morgan fingerprint density at radius 3 is 2.17 bits per heavy atom. The lowest BCUT2D eigenvalue weighted by atomic mass is 10.1. The normalized spacial score (nSPS) is 11.2. The molecule has 0 aliphatic heterocycles. The number of benzene rings is 3. The zero-order valence-electron chi connectivity index (χ0n) is 16.8. The summed E-state index contributed by atoms with van der Waals surface area (Å²) in [5.74, 6) is -0.222. The average molecular weight is 443 g/mol. The Morgan fingerprint density at radius 1 is 0.967 bits per heavy atom. The van der Waals surface area contributed by atoms with Gasteiger partial charge in [0.25, 0.3) is 5.91 Å². The molecule has 0 bridgehead atoms. The predicted molar refractivity (Wildman–Crippen MR) is 123 cm³/mol. The number of nitrogens with zero attached hydrogens (tertiary/aromatic N) is 1. The van der Waals surface area contributed by atoms with Crippen molar-refractivity contribution in [3.05, 3.63) is 94.5 Å². The predicted octanol–water partition coefficient (Wildman–Crippen LogP) is 5.12. The number of halogens is 1. The maximum absolute atomic E-state index is 12.5. The van der Waals surface area contributed by atoms with Gasteiger partial charge in [-0.15, -0.1) is 0 Å². The van der Waals surface area contributed by atoms with Crippen molar-refractivity contribution >= 4 is 38.9 Å². The zero-order chi connectivity index (χ0) is 21.7. The second-order valence-corrected chi connectivity index (χ2v) is 9.29. The number of carbonyl (C=O) groups is 1. The van der Waals surface area contributed by atoms with Gasteiger partial charge in [0.05, 0.1) is 18.5 Å². The fourth-order valence-electron chi connectivity index (χ4n) is 2.99. The van der Waals surface area contributed by atoms with Gasteiger partial charge in [0.2, 0.25) is 10.0 Å². The topological polar surface area (TPSA) is 66.5 Å². The lowest BCUT2D eigenvalue weighted by Crippen LogP contribution is -2.29. The molecule has 0 spiro atoms. The summed E-state index contributed by atoms with van der Waals surface area (Å²) in [6.45, 7) is 2.21. The highest BCUT2D eigenvalue weighted by Crippen LogP contribution is 2.24. The molecule has 0 saturated carbocycles. The molecule has 5 nitrogen and oxygen atoms in total. The van der Waals surface area contributed by atoms with E-state index in [2.05, 4.69) is 12.2 Å². The Balaban J connectivity index is 1.74. The van der Waals surface area contributed by atoms with E-state index in [1.54, 1.807) is 48.5 Å². The SMILES string of the molecule is CCc1ccc(NC(=O)c2ccc(CN(c3cccc(Cl)c3)S(C)(=O)=O)cc2)cc1. The first-order valence-electron chi connectivity index (χ1n) is 9.49. The summed E-state index contributed by atoms with van der Waals surface area (Å²) in [7, 11) is -3.51. The van der Waals surface area contributed by atoms with Crippen LogP contribution in [-0.4, -0.2) is 20.6 Å². The van der Waals surface area contributed by atoms with E-state index in [9.17, 15) is 13.2 Å². The second-order valence-electron chi connectivity index (χ2n) is 6.95. The first-order valence-corrected chi connectivity index (χ1v) is 11.7. The van der Waals surface area contributed by atoms with E-state index in [-0.39, 0.29) is 12.5 Å². The van der Waals surface area contributed by atoms with Crippen LogP contribution in [0.15, 0.2) is 72.8 Å². The molecule has 156 valence electrons. The van der Waals surface area contributed by atoms with Gasteiger partial charge in [0.15, 0.2) is 0 Å². The second kappa shape index (κ2) is 9.32. The maximum Gasteiger partial charge on any atom is 0.255 e. The molecule has 7 heteroatoms. The van der Waals surface area contributed by atoms with Crippen LogP contribution < -0.4 is 9.62 Å². The highest BCUT2D eigenvalue weighted by atomic mass is 35.5. The van der Waals surface area contributed by atoms with Crippen molar-refractivity contribution in [2.24, 2.45) is 0 Å². The van der Waals surface area contributed by atoms with E-state index in [0.29, 0.717) is 16.3 Å². The summed E-state index contributed by atoms with van der Waals surface area (Å²) in [6, 6.07) is 21.3. The monoisotopic (exact) mass is 442 g/mol. The van der Waals surface area contributed by atoms with Crippen LogP contribution in [0.25, 0.3) is 0 Å². The molecule has 0 fully saturated rings. The third-order valence-electron chi connectivity index (χ3n) is 4.66. The van der Waals surface area contributed by atoms with Crippen molar-refractivity contribution in [3.63, 3.8) is 0 Å². The van der Waals surface area contributed by atoms with E-state index in [1.807, 2.05) is 24.3 Å². The summed E-state index contributed by atoms with van der Waals surface area (Å²) in [4.78, 5) is 12.5. The molecule has 0 unspecified atom stereocenters. The van der Waals surface area contributed by atoms with Crippen LogP contribution in [0.5, 0.6) is 0 Å². The smallest absolute Gasteiger partial charge is 0.255 e. The van der Waals surface area contributed by atoms with Gasteiger partial charge in [-0.05, 0) is 60.0 Å². The average Bonchev–Trinajstić information content (AvgIpc) is 2.72. The van der Waals surface area contributed by atoms with Crippen molar-refractivity contribution < 1.29 is 13.2 Å². The lowest BCUT2D eigenvalue weighted by Gasteiger charge is -2.22. The molecule has 1 amide bonds. The number of amides is 1. The Bertz CT molecular complexity index is 1130. The number of carbonyl (C=O) groups excluding carboxylic acids is 1. The largest absolute Gasteiger partial charge is 0.322 e. The third-order valence-corrected chi connectivity index (χ3v) is 6.03. The van der Waals surface area contributed by atoms with Crippen LogP contribution in [0.2, 0.25) is 5.02 Å². The Labute approximate surface area is 182 Å². The summed E-state index contributed by atoms with van der Waals surface area (Å²) >= 11 is 6.02. The quantitative estimate of drug-likeness (QED) is 0.552. The molecule has 0 aliphatic rings. The number of anilines is 2. The van der Waals surface area contributed by atoms with E-state index in [0.717, 1.165) is 23.9 Å². The summed E-state index contributed by atoms with van der Waals surface area (Å²) in [5, 5.41) is 3.32. The van der Waals surface area contributed by atoms with E-state index in [1.165, 1.54) is 9.87 Å². The first kappa shape index (κ1) is 21.9. The summed E-state index contributed by atoms with van der Waals surface area (Å²) < 4.78 is 25.9. The molecular weight excluding hydrogens is 420 g/mol. The summed E-state index contributed by atoms with van der Waals surface area (Å²) in [5.41, 5.74) is 3.66. The Morgan fingerprint density at radius 2 is 1.60 bits per heavy atom. The van der Waals surface area contributed by atoms with Gasteiger partial charge < -0.3 is 5.32 Å². The van der Waals surface area contributed by atoms with Crippen LogP contribution >= 0.6 is 11.6 Å². The standard InChI is InChI=1S/C23H23ClN2O3S/c1-3-17-9-13-21(14-10-17)25-23(27)19-11-7-18(8-12-19)16-26(30(2,28)29)22-6-4-5-20(24)15-22/h4-15H,3,16H2,1-2H3,(H,25,27). The Kier molecular flexibility index (Phi) is 6.80. The van der Waals surface area contributed by atoms with Crippen molar-refractivity contribution in [2.45, 2.75) is 19.9 Å². The van der Waals surface area contributed by atoms with Gasteiger partial charge in [-0.25, -0.2) is 8.42 Å². The lowest BCUT2D eigenvalue weighted by molar-refractivity contribution is 0.102. The molecule has 0 radical (unpaired) electrons. The van der Waals surface area contributed by atoms with Crippen LogP contribution in [0.3, 0.4) is 0 Å². The van der Waals surface area contributed by atoms with Crippen LogP contribution in [0.1, 0.15) is 28.4 Å². The minimum absolute atomic E-state index is 0.138. The van der Waals surface area contributed by atoms with E-state index < -0.39 is 10.0 Å². The van der Waals surface area contributed by atoms with Gasteiger partial charge in [-0.2, -0.15) is 0 Å². The van der Waals surface area contributed by atoms with Gasteiger partial charge >= 0.3 is 0 Å². The molecule has 1 N–H and O–H groups in total. The zero-order valence-corrected chi connectivity index (χ0v) is 18.4. The number of rotatable bonds is 7. The molecule has 3 aromatic carbocycles. The van der Waals surface area contributed by atoms with Crippen molar-refractivity contribution in [1.82, 2.24) is 0 Å². The van der Waals surface area contributed by atoms with E-state index >= 15 is 0 Å². The molecule has 0 atom stereocenters. The number of hydrogen-bond donors (Lipinski definition) is 1. The van der Waals surface area contributed by atoms with Gasteiger partial charge in [-0.1, -0.05) is 48.9 Å². The van der Waals surface area contributed by atoms with Crippen molar-refractivity contribution in [1.29, 1.82) is 0 Å². The Hall–Kier alpha value is -2.83. The number of aryl methyl sites for hydroxylation is 1. The molecular formula is C23H23ClN2O3S. The molecule has 3 aromatic rings. The van der Waals surface area contributed by atoms with Gasteiger partial charge in [-0.3, -0.25) is 9.10 Å². The molecule has 0 heterocycles. The van der Waals surface area contributed by atoms with Gasteiger partial charge in [0, 0.05) is 16.3 Å². The summed E-state index contributed by atoms with van der Waals surface area (Å²) in [6.07, 6.45) is 2.09. The number of sulfonamides is 1. The minimum atomic E-state index is -3.51. The molecule has 30 heavy (non-hydrogen) atoms. The molecule has 0 saturated heterocycles. The van der Waals surface area contributed by atoms with Crippen molar-refractivity contribution in [3.8, 4) is 0 Å². The minimum Gasteiger partial charge on any atom is -0.322 e. The van der Waals surface area contributed by atoms with Crippen LogP contribution in [0.4, 0.5) is 11.4 Å². The molecule has 0 aliphatic carbocycles. The first-order chi connectivity index (χ1) is 14.3. The van der Waals surface area contributed by atoms with Crippen LogP contribution in [0, 0.1) is 0 Å². The van der Waals surface area contributed by atoms with E-state index in [4.69, 9.17) is 11.6 Å². The number of nitrogens with one attached hydrogen (secondary N) is 1. The number of hydrogen-bond acceptors (Lipinski definition) is 3. The molecule has 0 aromatic heterocycles. The molecule has 3 rings (SSSR count). The fraction of sp³-hybridized carbons (Fsp3) is 0.174. The fourth-order valence-corrected chi connectivity index (χ4v) is 4.05. The van der Waals surface area contributed by atoms with Crippen molar-refractivity contribution in [2.75, 3.05) is 15.9 Å². The maximum atomic E-state index is 12.5. The van der Waals surface area contributed by atoms with Gasteiger partial charge in [0.1, 0.15) is 0 Å². The third kappa shape index (κ3) is 5.62. The van der Waals surface area contributed by atoms with Crippen LogP contribution in [-0.2, 0) is 23.0 Å².